The monoisotopic (exact) mass is 287 g/mol. The second-order valence-corrected chi connectivity index (χ2v) is 5.48. The number of hydrogen-bond donors (Lipinski definition) is 2. The quantitative estimate of drug-likeness (QED) is 0.600. The Morgan fingerprint density at radius 2 is 1.82 bits per heavy atom. The van der Waals surface area contributed by atoms with Gasteiger partial charge >= 0.3 is 0 Å². The van der Waals surface area contributed by atoms with Gasteiger partial charge in [-0.25, -0.2) is 0 Å². The lowest BCUT2D eigenvalue weighted by atomic mass is 10.0. The molecule has 0 unspecified atom stereocenters. The number of aromatic nitrogens is 2. The van der Waals surface area contributed by atoms with Crippen LogP contribution >= 0.6 is 0 Å². The Hall–Kier alpha value is -2.65. The Morgan fingerprint density at radius 3 is 2.73 bits per heavy atom. The second-order valence-electron chi connectivity index (χ2n) is 5.48. The fourth-order valence-corrected chi connectivity index (χ4v) is 3.06. The van der Waals surface area contributed by atoms with E-state index in [2.05, 4.69) is 40.3 Å². The molecule has 4 rings (SSSR count). The van der Waals surface area contributed by atoms with Gasteiger partial charge in [0.05, 0.1) is 11.2 Å². The molecule has 0 aliphatic heterocycles. The van der Waals surface area contributed by atoms with E-state index < -0.39 is 0 Å². The zero-order valence-electron chi connectivity index (χ0n) is 12.2. The molecule has 0 spiro atoms. The van der Waals surface area contributed by atoms with Crippen LogP contribution in [0.2, 0.25) is 0 Å². The highest BCUT2D eigenvalue weighted by Crippen LogP contribution is 2.31. The van der Waals surface area contributed by atoms with E-state index in [1.807, 2.05) is 30.5 Å². The van der Waals surface area contributed by atoms with Gasteiger partial charge in [0.25, 0.3) is 0 Å². The number of nitrogens with two attached hydrogens (primary N) is 1. The van der Waals surface area contributed by atoms with Gasteiger partial charge in [-0.2, -0.15) is 0 Å². The average Bonchev–Trinajstić information content (AvgIpc) is 2.94. The van der Waals surface area contributed by atoms with E-state index >= 15 is 0 Å². The molecule has 0 aliphatic carbocycles. The van der Waals surface area contributed by atoms with Crippen molar-refractivity contribution in [2.24, 2.45) is 5.73 Å². The van der Waals surface area contributed by atoms with Crippen LogP contribution < -0.4 is 5.73 Å². The molecule has 0 fully saturated rings. The number of rotatable bonds is 3. The highest BCUT2D eigenvalue weighted by Gasteiger charge is 2.12. The van der Waals surface area contributed by atoms with Crippen molar-refractivity contribution in [3.8, 4) is 11.3 Å². The average molecular weight is 287 g/mol. The van der Waals surface area contributed by atoms with E-state index in [9.17, 15) is 0 Å². The zero-order chi connectivity index (χ0) is 14.9. The predicted molar refractivity (Wildman–Crippen MR) is 91.8 cm³/mol. The van der Waals surface area contributed by atoms with Crippen molar-refractivity contribution in [3.05, 3.63) is 66.4 Å². The Labute approximate surface area is 128 Å². The van der Waals surface area contributed by atoms with Crippen LogP contribution in [0.25, 0.3) is 33.1 Å². The lowest BCUT2D eigenvalue weighted by Crippen LogP contribution is -2.03. The first-order valence-electron chi connectivity index (χ1n) is 7.51. The van der Waals surface area contributed by atoms with Gasteiger partial charge in [0.1, 0.15) is 0 Å². The van der Waals surface area contributed by atoms with Crippen molar-refractivity contribution in [1.29, 1.82) is 0 Å². The van der Waals surface area contributed by atoms with Gasteiger partial charge in [-0.15, -0.1) is 0 Å². The van der Waals surface area contributed by atoms with E-state index in [-0.39, 0.29) is 0 Å². The first-order valence-corrected chi connectivity index (χ1v) is 7.51. The minimum Gasteiger partial charge on any atom is -0.354 e. The number of nitrogens with zero attached hydrogens (tertiary/aromatic N) is 1. The van der Waals surface area contributed by atoms with Crippen molar-refractivity contribution in [1.82, 2.24) is 9.97 Å². The summed E-state index contributed by atoms with van der Waals surface area (Å²) >= 11 is 0. The Morgan fingerprint density at radius 1 is 1.00 bits per heavy atom. The molecule has 0 bridgehead atoms. The number of fused-ring (bicyclic) bond motifs is 2. The van der Waals surface area contributed by atoms with Crippen LogP contribution in [0.3, 0.4) is 0 Å². The third-order valence-corrected chi connectivity index (χ3v) is 4.09. The molecule has 3 N–H and O–H groups in total. The van der Waals surface area contributed by atoms with E-state index in [1.54, 1.807) is 0 Å². The van der Waals surface area contributed by atoms with E-state index in [1.165, 1.54) is 10.9 Å². The molecular formula is C19H17N3. The first kappa shape index (κ1) is 13.0. The Bertz CT molecular complexity index is 953. The molecule has 0 amide bonds. The fourth-order valence-electron chi connectivity index (χ4n) is 3.06. The third kappa shape index (κ3) is 2.07. The van der Waals surface area contributed by atoms with Crippen LogP contribution in [0.4, 0.5) is 0 Å². The van der Waals surface area contributed by atoms with Crippen LogP contribution in [0.1, 0.15) is 5.56 Å². The van der Waals surface area contributed by atoms with Crippen molar-refractivity contribution in [2.45, 2.75) is 6.42 Å². The topological polar surface area (TPSA) is 54.7 Å². The predicted octanol–water partition coefficient (Wildman–Crippen LogP) is 3.88. The largest absolute Gasteiger partial charge is 0.354 e. The zero-order valence-corrected chi connectivity index (χ0v) is 12.2. The molecular weight excluding hydrogens is 270 g/mol. The summed E-state index contributed by atoms with van der Waals surface area (Å²) in [5.74, 6) is 0. The Kier molecular flexibility index (Phi) is 3.13. The van der Waals surface area contributed by atoms with Crippen LogP contribution in [0.15, 0.2) is 60.8 Å². The molecule has 0 aliphatic rings. The number of nitrogens with one attached hydrogen (secondary N) is 1. The minimum absolute atomic E-state index is 0.635. The highest BCUT2D eigenvalue weighted by atomic mass is 14.7. The summed E-state index contributed by atoms with van der Waals surface area (Å²) in [6.07, 6.45) is 2.79. The van der Waals surface area contributed by atoms with Gasteiger partial charge in [0.15, 0.2) is 0 Å². The summed E-state index contributed by atoms with van der Waals surface area (Å²) < 4.78 is 0. The minimum atomic E-state index is 0.635. The standard InChI is InChI=1S/C19H17N3/c20-10-9-16-15-6-2-4-8-18(15)22-19(16)14-11-13-5-1-3-7-17(13)21-12-14/h1-8,11-12,22H,9-10,20H2. The molecule has 2 aromatic heterocycles. The van der Waals surface area contributed by atoms with Crippen molar-refractivity contribution >= 4 is 21.8 Å². The maximum Gasteiger partial charge on any atom is 0.0702 e. The normalized spacial score (nSPS) is 11.3. The van der Waals surface area contributed by atoms with Crippen LogP contribution in [-0.2, 0) is 6.42 Å². The van der Waals surface area contributed by atoms with Gasteiger partial charge in [0, 0.05) is 28.0 Å². The Balaban J connectivity index is 1.96. The van der Waals surface area contributed by atoms with Crippen LogP contribution in [0.5, 0.6) is 0 Å². The summed E-state index contributed by atoms with van der Waals surface area (Å²) in [5, 5.41) is 2.40. The van der Waals surface area contributed by atoms with Crippen molar-refractivity contribution < 1.29 is 0 Å². The third-order valence-electron chi connectivity index (χ3n) is 4.09. The van der Waals surface area contributed by atoms with Gasteiger partial charge in [-0.1, -0.05) is 36.4 Å². The SMILES string of the molecule is NCCc1c(-c2cnc3ccccc3c2)[nH]c2ccccc12. The number of para-hydroxylation sites is 2. The smallest absolute Gasteiger partial charge is 0.0702 e. The molecule has 3 nitrogen and oxygen atoms in total. The second kappa shape index (κ2) is 5.28. The highest BCUT2D eigenvalue weighted by molar-refractivity contribution is 5.92. The molecule has 3 heteroatoms. The number of H-pyrrole nitrogens is 1. The first-order chi connectivity index (χ1) is 10.9. The molecule has 2 heterocycles. The van der Waals surface area contributed by atoms with Gasteiger partial charge in [-0.3, -0.25) is 4.98 Å². The maximum atomic E-state index is 5.82. The molecule has 2 aromatic carbocycles. The molecule has 4 aromatic rings. The lowest BCUT2D eigenvalue weighted by molar-refractivity contribution is 0.978. The van der Waals surface area contributed by atoms with Crippen LogP contribution in [-0.4, -0.2) is 16.5 Å². The van der Waals surface area contributed by atoms with Crippen molar-refractivity contribution in [2.75, 3.05) is 6.54 Å². The number of hydrogen-bond acceptors (Lipinski definition) is 2. The molecule has 0 radical (unpaired) electrons. The molecule has 0 atom stereocenters. The summed E-state index contributed by atoms with van der Waals surface area (Å²) in [5.41, 5.74) is 11.5. The number of benzene rings is 2. The lowest BCUT2D eigenvalue weighted by Gasteiger charge is -2.05. The van der Waals surface area contributed by atoms with Crippen LogP contribution in [0, 0.1) is 0 Å². The summed E-state index contributed by atoms with van der Waals surface area (Å²) in [6.45, 7) is 0.635. The van der Waals surface area contributed by atoms with Gasteiger partial charge < -0.3 is 10.7 Å². The number of aromatic amines is 1. The molecule has 22 heavy (non-hydrogen) atoms. The summed E-state index contributed by atoms with van der Waals surface area (Å²) in [4.78, 5) is 8.11. The van der Waals surface area contributed by atoms with E-state index in [0.29, 0.717) is 6.54 Å². The summed E-state index contributed by atoms with van der Waals surface area (Å²) in [7, 11) is 0. The fraction of sp³-hybridized carbons (Fsp3) is 0.105. The number of pyridine rings is 1. The van der Waals surface area contributed by atoms with Crippen molar-refractivity contribution in [3.63, 3.8) is 0 Å². The van der Waals surface area contributed by atoms with Gasteiger partial charge in [-0.05, 0) is 36.7 Å². The van der Waals surface area contributed by atoms with E-state index in [0.717, 1.165) is 34.1 Å². The molecule has 0 saturated carbocycles. The van der Waals surface area contributed by atoms with Gasteiger partial charge in [0.2, 0.25) is 0 Å². The molecule has 108 valence electrons. The molecule has 0 saturated heterocycles. The summed E-state index contributed by atoms with van der Waals surface area (Å²) in [6, 6.07) is 18.7. The van der Waals surface area contributed by atoms with E-state index in [4.69, 9.17) is 5.73 Å². The maximum absolute atomic E-state index is 5.82.